The molecule has 0 saturated carbocycles. The lowest BCUT2D eigenvalue weighted by atomic mass is 10.1. The van der Waals surface area contributed by atoms with Crippen LogP contribution in [0.2, 0.25) is 0 Å². The van der Waals surface area contributed by atoms with Crippen LogP contribution < -0.4 is 10.1 Å². The number of aromatic nitrogens is 1. The number of halogens is 3. The Hall–Kier alpha value is -2.96. The van der Waals surface area contributed by atoms with Crippen molar-refractivity contribution in [2.75, 3.05) is 11.9 Å². The Balaban J connectivity index is 1.57. The second-order valence-electron chi connectivity index (χ2n) is 5.55. The standard InChI is InChI=1S/C18H15F3N2O2/c19-18(20,21)11-25-15-4-2-14(3-5-15)23-17(24)10-12-1-6-16-13(9-12)7-8-22-16/h1-9,22H,10-11H2,(H,23,24). The summed E-state index contributed by atoms with van der Waals surface area (Å²) in [4.78, 5) is 15.2. The molecular formula is C18H15F3N2O2. The normalized spacial score (nSPS) is 11.5. The molecule has 1 aromatic heterocycles. The number of alkyl halides is 3. The summed E-state index contributed by atoms with van der Waals surface area (Å²) >= 11 is 0. The van der Waals surface area contributed by atoms with Crippen molar-refractivity contribution in [2.45, 2.75) is 12.6 Å². The number of H-pyrrole nitrogens is 1. The monoisotopic (exact) mass is 348 g/mol. The molecule has 0 aliphatic heterocycles. The molecule has 25 heavy (non-hydrogen) atoms. The molecular weight excluding hydrogens is 333 g/mol. The van der Waals surface area contributed by atoms with Crippen LogP contribution in [-0.4, -0.2) is 23.7 Å². The molecule has 4 nitrogen and oxygen atoms in total. The Kier molecular flexibility index (Phi) is 4.65. The maximum Gasteiger partial charge on any atom is 0.422 e. The number of benzene rings is 2. The molecule has 0 fully saturated rings. The van der Waals surface area contributed by atoms with Crippen molar-refractivity contribution >= 4 is 22.5 Å². The van der Waals surface area contributed by atoms with Crippen molar-refractivity contribution in [3.8, 4) is 5.75 Å². The lowest BCUT2D eigenvalue weighted by molar-refractivity contribution is -0.153. The highest BCUT2D eigenvalue weighted by atomic mass is 19.4. The minimum Gasteiger partial charge on any atom is -0.484 e. The van der Waals surface area contributed by atoms with Crippen molar-refractivity contribution in [1.29, 1.82) is 0 Å². The molecule has 130 valence electrons. The number of carbonyl (C=O) groups excluding carboxylic acids is 1. The van der Waals surface area contributed by atoms with Gasteiger partial charge in [-0.15, -0.1) is 0 Å². The first-order valence-electron chi connectivity index (χ1n) is 7.54. The number of nitrogens with one attached hydrogen (secondary N) is 2. The van der Waals surface area contributed by atoms with E-state index >= 15 is 0 Å². The van der Waals surface area contributed by atoms with E-state index in [1.54, 1.807) is 0 Å². The first-order valence-corrected chi connectivity index (χ1v) is 7.54. The number of hydrogen-bond acceptors (Lipinski definition) is 2. The van der Waals surface area contributed by atoms with Crippen molar-refractivity contribution in [1.82, 2.24) is 4.98 Å². The van der Waals surface area contributed by atoms with Gasteiger partial charge in [0.15, 0.2) is 6.61 Å². The van der Waals surface area contributed by atoms with E-state index in [0.717, 1.165) is 16.5 Å². The summed E-state index contributed by atoms with van der Waals surface area (Å²) < 4.78 is 40.9. The number of hydrogen-bond donors (Lipinski definition) is 2. The second kappa shape index (κ2) is 6.88. The molecule has 1 heterocycles. The molecule has 7 heteroatoms. The fraction of sp³-hybridized carbons (Fsp3) is 0.167. The molecule has 0 aliphatic rings. The van der Waals surface area contributed by atoms with Gasteiger partial charge in [0.05, 0.1) is 6.42 Å². The molecule has 3 rings (SSSR count). The summed E-state index contributed by atoms with van der Waals surface area (Å²) in [7, 11) is 0. The van der Waals surface area contributed by atoms with Crippen molar-refractivity contribution < 1.29 is 22.7 Å². The average Bonchev–Trinajstić information content (AvgIpc) is 3.01. The van der Waals surface area contributed by atoms with E-state index in [1.165, 1.54) is 24.3 Å². The largest absolute Gasteiger partial charge is 0.484 e. The van der Waals surface area contributed by atoms with Gasteiger partial charge in [-0.05, 0) is 53.4 Å². The summed E-state index contributed by atoms with van der Waals surface area (Å²) in [5.41, 5.74) is 2.36. The summed E-state index contributed by atoms with van der Waals surface area (Å²) in [6, 6.07) is 13.4. The van der Waals surface area contributed by atoms with E-state index in [2.05, 4.69) is 15.0 Å². The van der Waals surface area contributed by atoms with Crippen molar-refractivity contribution in [3.05, 3.63) is 60.3 Å². The van der Waals surface area contributed by atoms with E-state index < -0.39 is 12.8 Å². The number of carbonyl (C=O) groups is 1. The predicted octanol–water partition coefficient (Wildman–Crippen LogP) is 4.29. The van der Waals surface area contributed by atoms with Crippen LogP contribution in [0, 0.1) is 0 Å². The molecule has 0 bridgehead atoms. The van der Waals surface area contributed by atoms with Crippen LogP contribution in [0.5, 0.6) is 5.75 Å². The molecule has 0 spiro atoms. The van der Waals surface area contributed by atoms with Crippen LogP contribution >= 0.6 is 0 Å². The topological polar surface area (TPSA) is 54.1 Å². The van der Waals surface area contributed by atoms with E-state index in [0.29, 0.717) is 5.69 Å². The Morgan fingerprint density at radius 1 is 1.08 bits per heavy atom. The maximum atomic E-state index is 12.1. The van der Waals surface area contributed by atoms with Crippen LogP contribution in [0.25, 0.3) is 10.9 Å². The van der Waals surface area contributed by atoms with Gasteiger partial charge < -0.3 is 15.0 Å². The summed E-state index contributed by atoms with van der Waals surface area (Å²) in [6.07, 6.45) is -2.35. The maximum absolute atomic E-state index is 12.1. The smallest absolute Gasteiger partial charge is 0.422 e. The Bertz CT molecular complexity index is 870. The average molecular weight is 348 g/mol. The van der Waals surface area contributed by atoms with Gasteiger partial charge in [-0.25, -0.2) is 0 Å². The van der Waals surface area contributed by atoms with Crippen LogP contribution in [0.3, 0.4) is 0 Å². The number of ether oxygens (including phenoxy) is 1. The molecule has 0 aliphatic carbocycles. The molecule has 2 N–H and O–H groups in total. The quantitative estimate of drug-likeness (QED) is 0.723. The van der Waals surface area contributed by atoms with Gasteiger partial charge in [0.1, 0.15) is 5.75 Å². The van der Waals surface area contributed by atoms with Gasteiger partial charge in [0.25, 0.3) is 0 Å². The third kappa shape index (κ3) is 4.76. The Morgan fingerprint density at radius 2 is 1.84 bits per heavy atom. The number of amides is 1. The molecule has 2 aromatic carbocycles. The fourth-order valence-electron chi connectivity index (χ4n) is 2.40. The molecule has 0 unspecified atom stereocenters. The van der Waals surface area contributed by atoms with Gasteiger partial charge in [0, 0.05) is 17.4 Å². The zero-order valence-corrected chi connectivity index (χ0v) is 13.1. The van der Waals surface area contributed by atoms with Crippen LogP contribution in [0.1, 0.15) is 5.56 Å². The third-order valence-electron chi connectivity index (χ3n) is 3.52. The van der Waals surface area contributed by atoms with Gasteiger partial charge in [-0.3, -0.25) is 4.79 Å². The summed E-state index contributed by atoms with van der Waals surface area (Å²) in [5, 5.41) is 3.73. The van der Waals surface area contributed by atoms with E-state index in [4.69, 9.17) is 0 Å². The van der Waals surface area contributed by atoms with Crippen molar-refractivity contribution in [3.63, 3.8) is 0 Å². The van der Waals surface area contributed by atoms with Gasteiger partial charge in [-0.1, -0.05) is 6.07 Å². The van der Waals surface area contributed by atoms with E-state index in [-0.39, 0.29) is 18.1 Å². The Morgan fingerprint density at radius 3 is 2.56 bits per heavy atom. The third-order valence-corrected chi connectivity index (χ3v) is 3.52. The fourth-order valence-corrected chi connectivity index (χ4v) is 2.40. The highest BCUT2D eigenvalue weighted by molar-refractivity contribution is 5.93. The molecule has 0 saturated heterocycles. The number of aromatic amines is 1. The minimum absolute atomic E-state index is 0.0910. The lowest BCUT2D eigenvalue weighted by Crippen LogP contribution is -2.19. The second-order valence-corrected chi connectivity index (χ2v) is 5.55. The van der Waals surface area contributed by atoms with Gasteiger partial charge in [0.2, 0.25) is 5.91 Å². The first kappa shape index (κ1) is 16.9. The summed E-state index contributed by atoms with van der Waals surface area (Å²) in [6.45, 7) is -1.35. The Labute approximate surface area is 141 Å². The zero-order valence-electron chi connectivity index (χ0n) is 13.1. The predicted molar refractivity (Wildman–Crippen MR) is 88.6 cm³/mol. The first-order chi connectivity index (χ1) is 11.9. The highest BCUT2D eigenvalue weighted by Crippen LogP contribution is 2.20. The lowest BCUT2D eigenvalue weighted by Gasteiger charge is -2.10. The number of fused-ring (bicyclic) bond motifs is 1. The number of anilines is 1. The van der Waals surface area contributed by atoms with Crippen LogP contribution in [0.4, 0.5) is 18.9 Å². The molecule has 3 aromatic rings. The van der Waals surface area contributed by atoms with Gasteiger partial charge >= 0.3 is 6.18 Å². The molecule has 0 radical (unpaired) electrons. The van der Waals surface area contributed by atoms with Crippen molar-refractivity contribution in [2.24, 2.45) is 0 Å². The molecule has 1 amide bonds. The SMILES string of the molecule is O=C(Cc1ccc2[nH]ccc2c1)Nc1ccc(OCC(F)(F)F)cc1. The van der Waals surface area contributed by atoms with Crippen LogP contribution in [-0.2, 0) is 11.2 Å². The summed E-state index contributed by atoms with van der Waals surface area (Å²) in [5.74, 6) is -0.118. The minimum atomic E-state index is -4.38. The zero-order chi connectivity index (χ0) is 17.9. The van der Waals surface area contributed by atoms with E-state index in [9.17, 15) is 18.0 Å². The van der Waals surface area contributed by atoms with Crippen LogP contribution in [0.15, 0.2) is 54.7 Å². The highest BCUT2D eigenvalue weighted by Gasteiger charge is 2.28. The van der Waals surface area contributed by atoms with Gasteiger partial charge in [-0.2, -0.15) is 13.2 Å². The van der Waals surface area contributed by atoms with E-state index in [1.807, 2.05) is 30.5 Å². The molecule has 0 atom stereocenters. The number of rotatable bonds is 5.